The minimum absolute atomic E-state index is 0.0782. The normalized spacial score (nSPS) is 17.8. The van der Waals surface area contributed by atoms with Crippen molar-refractivity contribution in [1.82, 2.24) is 9.55 Å². The van der Waals surface area contributed by atoms with Gasteiger partial charge in [-0.15, -0.1) is 0 Å². The van der Waals surface area contributed by atoms with Crippen molar-refractivity contribution in [3.8, 4) is 34.6 Å². The summed E-state index contributed by atoms with van der Waals surface area (Å²) in [5.74, 6) is 2.32. The highest BCUT2D eigenvalue weighted by molar-refractivity contribution is 5.62. The Balaban J connectivity index is 1.58. The van der Waals surface area contributed by atoms with E-state index >= 15 is 0 Å². The summed E-state index contributed by atoms with van der Waals surface area (Å²) in [6.45, 7) is 0.916. The number of nitrogens with zero attached hydrogens (tertiary/aromatic N) is 1. The molecule has 0 amide bonds. The van der Waals surface area contributed by atoms with Gasteiger partial charge in [-0.1, -0.05) is 6.07 Å². The number of fused-ring (bicyclic) bond motifs is 2. The van der Waals surface area contributed by atoms with Crippen molar-refractivity contribution >= 4 is 0 Å². The number of aryl methyl sites for hydroxylation is 1. The van der Waals surface area contributed by atoms with Crippen LogP contribution >= 0.6 is 0 Å². The van der Waals surface area contributed by atoms with Gasteiger partial charge in [-0.25, -0.2) is 4.79 Å². The number of methoxy groups -OCH3 is 3. The van der Waals surface area contributed by atoms with Crippen molar-refractivity contribution in [3.05, 3.63) is 67.4 Å². The third kappa shape index (κ3) is 4.14. The van der Waals surface area contributed by atoms with Gasteiger partial charge < -0.3 is 33.7 Å². The first-order valence-electron chi connectivity index (χ1n) is 12.0. The number of nitrogens with one attached hydrogen (secondary N) is 2. The molecule has 3 aromatic rings. The number of quaternary nitrogens is 1. The highest BCUT2D eigenvalue weighted by Crippen LogP contribution is 2.48. The quantitative estimate of drug-likeness (QED) is 0.416. The third-order valence-corrected chi connectivity index (χ3v) is 7.09. The van der Waals surface area contributed by atoms with Gasteiger partial charge in [0.15, 0.2) is 29.0 Å². The van der Waals surface area contributed by atoms with E-state index in [-0.39, 0.29) is 24.8 Å². The second kappa shape index (κ2) is 9.74. The summed E-state index contributed by atoms with van der Waals surface area (Å²) < 4.78 is 28.8. The van der Waals surface area contributed by atoms with Crippen LogP contribution in [0.5, 0.6) is 34.6 Å². The van der Waals surface area contributed by atoms with Crippen LogP contribution < -0.4 is 39.8 Å². The Kier molecular flexibility index (Phi) is 6.46. The number of benzene rings is 2. The van der Waals surface area contributed by atoms with E-state index in [1.54, 1.807) is 20.3 Å². The van der Waals surface area contributed by atoms with Crippen LogP contribution in [0, 0.1) is 0 Å². The van der Waals surface area contributed by atoms with Gasteiger partial charge in [-0.05, 0) is 35.7 Å². The Labute approximate surface area is 212 Å². The smallest absolute Gasteiger partial charge is 0.331 e. The van der Waals surface area contributed by atoms with Gasteiger partial charge in [0.25, 0.3) is 5.56 Å². The lowest BCUT2D eigenvalue weighted by atomic mass is 9.87. The zero-order valence-corrected chi connectivity index (χ0v) is 21.2. The summed E-state index contributed by atoms with van der Waals surface area (Å²) in [7, 11) is 6.58. The van der Waals surface area contributed by atoms with Crippen molar-refractivity contribution in [1.29, 1.82) is 0 Å². The summed E-state index contributed by atoms with van der Waals surface area (Å²) in [5.41, 5.74) is 1.33. The fourth-order valence-corrected chi connectivity index (χ4v) is 5.24. The number of likely N-dealkylation sites (N-methyl/N-ethyl adjacent to an activating group) is 1. The van der Waals surface area contributed by atoms with Gasteiger partial charge in [0.05, 0.1) is 40.5 Å². The van der Waals surface area contributed by atoms with Crippen molar-refractivity contribution in [3.63, 3.8) is 0 Å². The first-order valence-corrected chi connectivity index (χ1v) is 12.0. The largest absolute Gasteiger partial charge is 0.494 e. The molecule has 1 unspecified atom stereocenters. The molecule has 3 heterocycles. The molecule has 196 valence electrons. The first-order chi connectivity index (χ1) is 17.9. The van der Waals surface area contributed by atoms with Crippen LogP contribution in [0.15, 0.2) is 33.9 Å². The van der Waals surface area contributed by atoms with Crippen molar-refractivity contribution < 1.29 is 33.7 Å². The molecule has 0 aliphatic carbocycles. The minimum atomic E-state index is -0.682. The molecule has 2 aromatic carbocycles. The molecule has 0 spiro atoms. The van der Waals surface area contributed by atoms with Crippen LogP contribution in [0.4, 0.5) is 0 Å². The summed E-state index contributed by atoms with van der Waals surface area (Å²) >= 11 is 0. The number of aromatic nitrogens is 2. The molecule has 11 heteroatoms. The first kappa shape index (κ1) is 24.6. The van der Waals surface area contributed by atoms with Crippen LogP contribution in [-0.2, 0) is 19.4 Å². The maximum absolute atomic E-state index is 13.2. The number of hydrogen-bond acceptors (Lipinski definition) is 8. The molecule has 0 fully saturated rings. The minimum Gasteiger partial charge on any atom is -0.494 e. The second-order valence-corrected chi connectivity index (χ2v) is 9.08. The Morgan fingerprint density at radius 3 is 2.59 bits per heavy atom. The molecule has 3 N–H and O–H groups in total. The summed E-state index contributed by atoms with van der Waals surface area (Å²) in [6, 6.07) is 6.76. The van der Waals surface area contributed by atoms with Gasteiger partial charge in [0.1, 0.15) is 5.56 Å². The van der Waals surface area contributed by atoms with Gasteiger partial charge >= 0.3 is 5.69 Å². The molecule has 1 aromatic heterocycles. The highest BCUT2D eigenvalue weighted by Gasteiger charge is 2.41. The number of aromatic amines is 1. The lowest BCUT2D eigenvalue weighted by Gasteiger charge is -2.33. The third-order valence-electron chi connectivity index (χ3n) is 7.09. The summed E-state index contributed by atoms with van der Waals surface area (Å²) in [4.78, 5) is 29.3. The molecular weight excluding hydrogens is 482 g/mol. The molecule has 0 radical (unpaired) electrons. The molecule has 0 saturated heterocycles. The molecule has 37 heavy (non-hydrogen) atoms. The van der Waals surface area contributed by atoms with E-state index in [0.717, 1.165) is 28.0 Å². The van der Waals surface area contributed by atoms with Gasteiger partial charge in [-0.2, -0.15) is 0 Å². The monoisotopic (exact) mass is 512 g/mol. The lowest BCUT2D eigenvalue weighted by molar-refractivity contribution is -0.908. The van der Waals surface area contributed by atoms with Crippen LogP contribution in [0.2, 0.25) is 0 Å². The van der Waals surface area contributed by atoms with E-state index < -0.39 is 17.3 Å². The predicted octanol–water partition coefficient (Wildman–Crippen LogP) is 0.400. The molecule has 5 rings (SSSR count). The van der Waals surface area contributed by atoms with E-state index in [4.69, 9.17) is 23.7 Å². The van der Waals surface area contributed by atoms with E-state index in [2.05, 4.69) is 4.98 Å². The number of ether oxygens (including phenoxy) is 5. The highest BCUT2D eigenvalue weighted by atomic mass is 16.7. The molecule has 2 atom stereocenters. The molecule has 0 bridgehead atoms. The summed E-state index contributed by atoms with van der Waals surface area (Å²) in [6.07, 6.45) is 1.13. The predicted molar refractivity (Wildman–Crippen MR) is 133 cm³/mol. The van der Waals surface area contributed by atoms with Crippen molar-refractivity contribution in [2.24, 2.45) is 0 Å². The molecule has 2 aliphatic rings. The van der Waals surface area contributed by atoms with Crippen molar-refractivity contribution in [2.45, 2.75) is 25.4 Å². The maximum Gasteiger partial charge on any atom is 0.331 e. The van der Waals surface area contributed by atoms with Crippen molar-refractivity contribution in [2.75, 3.05) is 41.7 Å². The molecule has 2 aliphatic heterocycles. The lowest BCUT2D eigenvalue weighted by Crippen LogP contribution is -3.10. The Morgan fingerprint density at radius 1 is 1.08 bits per heavy atom. The number of rotatable bonds is 7. The Hall–Kier alpha value is -4.12. The molecule has 0 saturated carbocycles. The van der Waals surface area contributed by atoms with E-state index in [1.165, 1.54) is 11.7 Å². The molecule has 11 nitrogen and oxygen atoms in total. The maximum atomic E-state index is 13.2. The average molecular weight is 513 g/mol. The SMILES string of the molecule is COc1ccc(CCn2c(O)c([C@H]3c4c(cc5c(c4OC)OCO5)CC[NH+]3C)c(=O)[nH]c2=O)cc1OC. The van der Waals surface area contributed by atoms with Gasteiger partial charge in [0, 0.05) is 13.0 Å². The fourth-order valence-electron chi connectivity index (χ4n) is 5.24. The number of aromatic hydroxyl groups is 1. The van der Waals surface area contributed by atoms with E-state index in [9.17, 15) is 14.7 Å². The van der Waals surface area contributed by atoms with Gasteiger partial charge in [-0.3, -0.25) is 14.3 Å². The average Bonchev–Trinajstić information content (AvgIpc) is 3.36. The van der Waals surface area contributed by atoms with Gasteiger partial charge in [0.2, 0.25) is 18.4 Å². The van der Waals surface area contributed by atoms with E-state index in [1.807, 2.05) is 25.2 Å². The zero-order chi connectivity index (χ0) is 26.3. The number of hydrogen-bond donors (Lipinski definition) is 3. The van der Waals surface area contributed by atoms with Crippen LogP contribution in [0.25, 0.3) is 0 Å². The number of H-pyrrole nitrogens is 1. The summed E-state index contributed by atoms with van der Waals surface area (Å²) in [5, 5.41) is 11.4. The van der Waals surface area contributed by atoms with Crippen LogP contribution in [0.1, 0.15) is 28.3 Å². The fraction of sp³-hybridized carbons (Fsp3) is 0.385. The zero-order valence-electron chi connectivity index (χ0n) is 21.2. The Morgan fingerprint density at radius 2 is 1.86 bits per heavy atom. The molecular formula is C26H30N3O8+. The topological polar surface area (TPSA) is 126 Å². The van der Waals surface area contributed by atoms with E-state index in [0.29, 0.717) is 41.7 Å². The second-order valence-electron chi connectivity index (χ2n) is 9.08. The standard InChI is InChI=1S/C26H29N3O8/c1-28-9-8-15-12-18-22(37-13-36-18)23(35-4)19(15)21(28)20-24(30)27-26(32)29(25(20)31)10-7-14-5-6-16(33-2)17(11-14)34-3/h5-6,11-12,21,31H,7-10,13H2,1-4H3,(H,27,30,32)/p+1/t21-/m1/s1. The van der Waals surface area contributed by atoms with Crippen LogP contribution in [0.3, 0.4) is 0 Å². The Bertz CT molecular complexity index is 1460. The van der Waals surface area contributed by atoms with Crippen LogP contribution in [-0.4, -0.2) is 56.4 Å².